The molecule has 0 aliphatic carbocycles. The summed E-state index contributed by atoms with van der Waals surface area (Å²) in [6.07, 6.45) is 0. The summed E-state index contributed by atoms with van der Waals surface area (Å²) in [7, 11) is 0. The Morgan fingerprint density at radius 2 is 0.528 bits per heavy atom. The second kappa shape index (κ2) is 9.81. The first-order valence-corrected chi connectivity index (χ1v) is 12.2. The van der Waals surface area contributed by atoms with Gasteiger partial charge in [0.05, 0.1) is 11.4 Å². The molecule has 0 saturated carbocycles. The first-order valence-electron chi connectivity index (χ1n) is 12.2. The first kappa shape index (κ1) is 21.7. The van der Waals surface area contributed by atoms with Crippen molar-refractivity contribution in [2.45, 2.75) is 0 Å². The molecule has 0 heterocycles. The summed E-state index contributed by atoms with van der Waals surface area (Å²) in [4.78, 5) is 4.70. The maximum atomic E-state index is 2.35. The van der Waals surface area contributed by atoms with Crippen LogP contribution in [0.2, 0.25) is 0 Å². The van der Waals surface area contributed by atoms with Crippen LogP contribution in [0.3, 0.4) is 0 Å². The zero-order chi connectivity index (χ0) is 24.2. The van der Waals surface area contributed by atoms with Gasteiger partial charge >= 0.3 is 0 Å². The molecule has 0 spiro atoms. The van der Waals surface area contributed by atoms with E-state index in [1.165, 1.54) is 10.8 Å². The molecular weight excluding hydrogens is 436 g/mol. The fourth-order valence-electron chi connectivity index (χ4n) is 4.74. The van der Waals surface area contributed by atoms with Crippen molar-refractivity contribution in [3.8, 4) is 0 Å². The summed E-state index contributed by atoms with van der Waals surface area (Å²) in [5.74, 6) is 0. The number of benzene rings is 6. The molecule has 0 saturated heterocycles. The number of hydrogen-bond acceptors (Lipinski definition) is 2. The third-order valence-electron chi connectivity index (χ3n) is 6.38. The molecule has 0 aliphatic heterocycles. The van der Waals surface area contributed by atoms with Crippen LogP contribution >= 0.6 is 0 Å². The van der Waals surface area contributed by atoms with Crippen molar-refractivity contribution in [3.05, 3.63) is 158 Å². The van der Waals surface area contributed by atoms with E-state index in [0.717, 1.165) is 34.1 Å². The Bertz CT molecular complexity index is 1360. The Labute approximate surface area is 212 Å². The van der Waals surface area contributed by atoms with Crippen LogP contribution in [0.5, 0.6) is 0 Å². The number of hydrogen-bond donors (Lipinski definition) is 0. The van der Waals surface area contributed by atoms with Gasteiger partial charge in [-0.25, -0.2) is 0 Å². The molecule has 172 valence electrons. The number of anilines is 6. The predicted molar refractivity (Wildman–Crippen MR) is 153 cm³/mol. The van der Waals surface area contributed by atoms with Gasteiger partial charge in [0.1, 0.15) is 0 Å². The Morgan fingerprint density at radius 1 is 0.278 bits per heavy atom. The average molecular weight is 463 g/mol. The average Bonchev–Trinajstić information content (AvgIpc) is 2.96. The topological polar surface area (TPSA) is 6.48 Å². The van der Waals surface area contributed by atoms with Crippen molar-refractivity contribution in [1.29, 1.82) is 0 Å². The van der Waals surface area contributed by atoms with Crippen molar-refractivity contribution in [3.63, 3.8) is 0 Å². The predicted octanol–water partition coefficient (Wildman–Crippen LogP) is 9.78. The first-order chi connectivity index (χ1) is 17.9. The highest BCUT2D eigenvalue weighted by atomic mass is 15.2. The van der Waals surface area contributed by atoms with Gasteiger partial charge in [-0.2, -0.15) is 0 Å². The van der Waals surface area contributed by atoms with Crippen LogP contribution in [0.1, 0.15) is 0 Å². The van der Waals surface area contributed by atoms with E-state index in [1.807, 2.05) is 0 Å². The van der Waals surface area contributed by atoms with E-state index in [2.05, 4.69) is 168 Å². The molecule has 0 aliphatic rings. The molecule has 6 rings (SSSR count). The van der Waals surface area contributed by atoms with Crippen molar-refractivity contribution in [2.24, 2.45) is 0 Å². The summed E-state index contributed by atoms with van der Waals surface area (Å²) >= 11 is 0. The molecule has 0 radical (unpaired) electrons. The lowest BCUT2D eigenvalue weighted by atomic mass is 10.0. The van der Waals surface area contributed by atoms with Gasteiger partial charge in [0.15, 0.2) is 0 Å². The highest BCUT2D eigenvalue weighted by Gasteiger charge is 2.22. The van der Waals surface area contributed by atoms with Crippen LogP contribution < -0.4 is 9.80 Å². The monoisotopic (exact) mass is 462 g/mol. The molecule has 0 bridgehead atoms. The van der Waals surface area contributed by atoms with E-state index in [1.54, 1.807) is 0 Å². The molecule has 0 aromatic heterocycles. The van der Waals surface area contributed by atoms with Gasteiger partial charge in [-0.05, 0) is 71.4 Å². The van der Waals surface area contributed by atoms with E-state index < -0.39 is 0 Å². The normalized spacial score (nSPS) is 10.8. The van der Waals surface area contributed by atoms with Gasteiger partial charge in [0.25, 0.3) is 0 Å². The van der Waals surface area contributed by atoms with Gasteiger partial charge in [-0.15, -0.1) is 0 Å². The van der Waals surface area contributed by atoms with Crippen LogP contribution in [0.25, 0.3) is 10.8 Å². The van der Waals surface area contributed by atoms with Crippen LogP contribution in [0, 0.1) is 0 Å². The van der Waals surface area contributed by atoms with Gasteiger partial charge in [0.2, 0.25) is 0 Å². The van der Waals surface area contributed by atoms with E-state index in [4.69, 9.17) is 0 Å². The number of fused-ring (bicyclic) bond motifs is 1. The summed E-state index contributed by atoms with van der Waals surface area (Å²) in [5, 5.41) is 2.41. The fourth-order valence-corrected chi connectivity index (χ4v) is 4.74. The molecule has 0 N–H and O–H groups in total. The fraction of sp³-hybridized carbons (Fsp3) is 0. The summed E-state index contributed by atoms with van der Waals surface area (Å²) in [6.45, 7) is 0. The molecule has 36 heavy (non-hydrogen) atoms. The molecule has 2 heteroatoms. The van der Waals surface area contributed by atoms with E-state index in [9.17, 15) is 0 Å². The third-order valence-corrected chi connectivity index (χ3v) is 6.38. The van der Waals surface area contributed by atoms with Gasteiger partial charge < -0.3 is 9.80 Å². The zero-order valence-corrected chi connectivity index (χ0v) is 19.9. The standard InChI is InChI=1S/C34H26N2/c1-5-17-29(18-6-1)35(30-19-7-2-8-20-30)33-25-27-15-13-14-16-28(27)26-34(33)36(31-21-9-3-10-22-31)32-23-11-4-12-24-32/h1-26H. The number of nitrogens with zero attached hydrogens (tertiary/aromatic N) is 2. The minimum absolute atomic E-state index is 1.11. The van der Waals surface area contributed by atoms with E-state index in [-0.39, 0.29) is 0 Å². The summed E-state index contributed by atoms with van der Waals surface area (Å²) < 4.78 is 0. The Kier molecular flexibility index (Phi) is 5.91. The third kappa shape index (κ3) is 4.21. The molecular formula is C34H26N2. The lowest BCUT2D eigenvalue weighted by Gasteiger charge is -2.33. The molecule has 6 aromatic carbocycles. The lowest BCUT2D eigenvalue weighted by molar-refractivity contribution is 1.23. The molecule has 0 amide bonds. The molecule has 6 aromatic rings. The second-order valence-electron chi connectivity index (χ2n) is 8.70. The van der Waals surface area contributed by atoms with Crippen LogP contribution in [-0.2, 0) is 0 Å². The highest BCUT2D eigenvalue weighted by Crippen LogP contribution is 2.47. The Balaban J connectivity index is 1.68. The SMILES string of the molecule is c1ccc(N(c2ccccc2)c2cc3ccccc3cc2N(c2ccccc2)c2ccccc2)cc1. The lowest BCUT2D eigenvalue weighted by Crippen LogP contribution is -2.17. The molecule has 0 atom stereocenters. The minimum Gasteiger partial charge on any atom is -0.308 e. The quantitative estimate of drug-likeness (QED) is 0.243. The van der Waals surface area contributed by atoms with Crippen LogP contribution in [-0.4, -0.2) is 0 Å². The van der Waals surface area contributed by atoms with Gasteiger partial charge in [0, 0.05) is 22.7 Å². The summed E-state index contributed by atoms with van der Waals surface area (Å²) in [5.41, 5.74) is 6.67. The second-order valence-corrected chi connectivity index (χ2v) is 8.70. The zero-order valence-electron chi connectivity index (χ0n) is 19.9. The maximum Gasteiger partial charge on any atom is 0.0708 e. The van der Waals surface area contributed by atoms with E-state index >= 15 is 0 Å². The van der Waals surface area contributed by atoms with E-state index in [0.29, 0.717) is 0 Å². The van der Waals surface area contributed by atoms with Crippen molar-refractivity contribution in [1.82, 2.24) is 0 Å². The maximum absolute atomic E-state index is 2.35. The Hall–Kier alpha value is -4.82. The largest absolute Gasteiger partial charge is 0.308 e. The Morgan fingerprint density at radius 3 is 0.806 bits per heavy atom. The van der Waals surface area contributed by atoms with Crippen LogP contribution in [0.15, 0.2) is 158 Å². The van der Waals surface area contributed by atoms with Crippen molar-refractivity contribution >= 4 is 44.9 Å². The highest BCUT2D eigenvalue weighted by molar-refractivity contribution is 5.99. The van der Waals surface area contributed by atoms with Crippen LogP contribution in [0.4, 0.5) is 34.1 Å². The van der Waals surface area contributed by atoms with Crippen molar-refractivity contribution in [2.75, 3.05) is 9.80 Å². The number of para-hydroxylation sites is 4. The smallest absolute Gasteiger partial charge is 0.0708 e. The van der Waals surface area contributed by atoms with Gasteiger partial charge in [-0.1, -0.05) is 97.1 Å². The molecule has 0 fully saturated rings. The molecule has 2 nitrogen and oxygen atoms in total. The van der Waals surface area contributed by atoms with Gasteiger partial charge in [-0.3, -0.25) is 0 Å². The van der Waals surface area contributed by atoms with Crippen molar-refractivity contribution < 1.29 is 0 Å². The molecule has 0 unspecified atom stereocenters. The summed E-state index contributed by atoms with van der Waals surface area (Å²) in [6, 6.07) is 55.6. The minimum atomic E-state index is 1.11. The number of rotatable bonds is 6.